The molecule has 0 spiro atoms. The maximum atomic E-state index is 5.71. The molecule has 0 saturated heterocycles. The summed E-state index contributed by atoms with van der Waals surface area (Å²) < 4.78 is 0.856. The first-order chi connectivity index (χ1) is 5.24. The fourth-order valence-corrected chi connectivity index (χ4v) is 1.19. The molecule has 0 amide bonds. The highest BCUT2D eigenvalue weighted by molar-refractivity contribution is 9.10. The second-order valence-corrected chi connectivity index (χ2v) is 3.19. The molecule has 1 aromatic heterocycles. The molecule has 0 saturated carbocycles. The third-order valence-electron chi connectivity index (χ3n) is 1.12. The summed E-state index contributed by atoms with van der Waals surface area (Å²) in [6.07, 6.45) is 1.61. The summed E-state index contributed by atoms with van der Waals surface area (Å²) in [6.45, 7) is 0.269. The van der Waals surface area contributed by atoms with Gasteiger partial charge in [-0.3, -0.25) is 4.84 Å². The Morgan fingerprint density at radius 3 is 3.09 bits per heavy atom. The van der Waals surface area contributed by atoms with E-state index in [9.17, 15) is 0 Å². The number of aromatic nitrogens is 1. The van der Waals surface area contributed by atoms with Crippen LogP contribution < -0.4 is 5.90 Å². The lowest BCUT2D eigenvalue weighted by atomic mass is 10.3. The second kappa shape index (κ2) is 4.01. The summed E-state index contributed by atoms with van der Waals surface area (Å²) in [6, 6.07) is 1.81. The first-order valence-electron chi connectivity index (χ1n) is 2.85. The van der Waals surface area contributed by atoms with E-state index < -0.39 is 0 Å². The summed E-state index contributed by atoms with van der Waals surface area (Å²) in [5, 5.41) is 0.415. The van der Waals surface area contributed by atoms with Crippen molar-refractivity contribution in [3.05, 3.63) is 27.5 Å². The van der Waals surface area contributed by atoms with E-state index in [4.69, 9.17) is 17.5 Å². The largest absolute Gasteiger partial charge is 0.300 e. The molecule has 5 heteroatoms. The maximum absolute atomic E-state index is 5.71. The number of nitrogens with zero attached hydrogens (tertiary/aromatic N) is 1. The third-order valence-corrected chi connectivity index (χ3v) is 1.89. The van der Waals surface area contributed by atoms with Gasteiger partial charge in [-0.15, -0.1) is 0 Å². The van der Waals surface area contributed by atoms with Gasteiger partial charge >= 0.3 is 0 Å². The highest BCUT2D eigenvalue weighted by atomic mass is 79.9. The molecule has 0 aliphatic rings. The molecule has 2 N–H and O–H groups in total. The van der Waals surface area contributed by atoms with Crippen LogP contribution >= 0.6 is 27.5 Å². The van der Waals surface area contributed by atoms with Gasteiger partial charge in [0.1, 0.15) is 5.15 Å². The highest BCUT2D eigenvalue weighted by Crippen LogP contribution is 2.17. The van der Waals surface area contributed by atoms with Crippen molar-refractivity contribution in [3.8, 4) is 0 Å². The molecule has 60 valence electrons. The zero-order chi connectivity index (χ0) is 8.27. The molecule has 0 unspecified atom stereocenters. The van der Waals surface area contributed by atoms with E-state index in [2.05, 4.69) is 25.8 Å². The summed E-state index contributed by atoms with van der Waals surface area (Å²) in [5.74, 6) is 4.88. The normalized spacial score (nSPS) is 10.1. The van der Waals surface area contributed by atoms with Crippen LogP contribution in [0.1, 0.15) is 5.56 Å². The summed E-state index contributed by atoms with van der Waals surface area (Å²) in [5.41, 5.74) is 0.767. The highest BCUT2D eigenvalue weighted by Gasteiger charge is 2.01. The molecule has 0 aliphatic carbocycles. The molecule has 1 aromatic rings. The first-order valence-corrected chi connectivity index (χ1v) is 4.02. The summed E-state index contributed by atoms with van der Waals surface area (Å²) in [7, 11) is 0. The van der Waals surface area contributed by atoms with Gasteiger partial charge in [-0.2, -0.15) is 0 Å². The number of nitrogens with two attached hydrogens (primary N) is 1. The predicted octanol–water partition coefficient (Wildman–Crippen LogP) is 1.89. The number of pyridine rings is 1. The van der Waals surface area contributed by atoms with Gasteiger partial charge in [-0.05, 0) is 22.0 Å². The number of halogens is 2. The Balaban J connectivity index is 2.93. The van der Waals surface area contributed by atoms with E-state index in [1.54, 1.807) is 6.20 Å². The molecule has 0 fully saturated rings. The van der Waals surface area contributed by atoms with Crippen LogP contribution in [0.15, 0.2) is 16.7 Å². The average Bonchev–Trinajstić information content (AvgIpc) is 1.98. The monoisotopic (exact) mass is 236 g/mol. The van der Waals surface area contributed by atoms with Crippen molar-refractivity contribution in [2.24, 2.45) is 5.90 Å². The summed E-state index contributed by atoms with van der Waals surface area (Å²) >= 11 is 8.96. The van der Waals surface area contributed by atoms with Gasteiger partial charge < -0.3 is 0 Å². The van der Waals surface area contributed by atoms with Crippen LogP contribution in [0.25, 0.3) is 0 Å². The van der Waals surface area contributed by atoms with Crippen LogP contribution in [0, 0.1) is 0 Å². The van der Waals surface area contributed by atoms with Gasteiger partial charge in [0.05, 0.1) is 6.61 Å². The van der Waals surface area contributed by atoms with Gasteiger partial charge in [-0.25, -0.2) is 10.9 Å². The molecule has 0 atom stereocenters. The maximum Gasteiger partial charge on any atom is 0.134 e. The topological polar surface area (TPSA) is 48.1 Å². The summed E-state index contributed by atoms with van der Waals surface area (Å²) in [4.78, 5) is 8.30. The molecule has 1 heterocycles. The molecule has 3 nitrogen and oxygen atoms in total. The van der Waals surface area contributed by atoms with Crippen LogP contribution in [0.5, 0.6) is 0 Å². The van der Waals surface area contributed by atoms with Crippen molar-refractivity contribution in [2.75, 3.05) is 0 Å². The minimum absolute atomic E-state index is 0.269. The van der Waals surface area contributed by atoms with E-state index in [0.29, 0.717) is 5.15 Å². The Morgan fingerprint density at radius 2 is 2.45 bits per heavy atom. The Bertz CT molecular complexity index is 256. The standard InChI is InChI=1S/C6H6BrClN2O/c7-5-1-4(3-11-9)6(8)10-2-5/h1-2H,3,9H2. The van der Waals surface area contributed by atoms with Crippen molar-refractivity contribution >= 4 is 27.5 Å². The van der Waals surface area contributed by atoms with E-state index >= 15 is 0 Å². The quantitative estimate of drug-likeness (QED) is 0.631. The Hall–Kier alpha value is -0.160. The Morgan fingerprint density at radius 1 is 1.73 bits per heavy atom. The lowest BCUT2D eigenvalue weighted by molar-refractivity contribution is 0.124. The molecular weight excluding hydrogens is 231 g/mol. The fourth-order valence-electron chi connectivity index (χ4n) is 0.656. The predicted molar refractivity (Wildman–Crippen MR) is 45.9 cm³/mol. The SMILES string of the molecule is NOCc1cc(Br)cnc1Cl. The average molecular weight is 237 g/mol. The number of hydrogen-bond acceptors (Lipinski definition) is 3. The molecule has 0 radical (unpaired) electrons. The van der Waals surface area contributed by atoms with E-state index in [1.807, 2.05) is 6.07 Å². The molecule has 11 heavy (non-hydrogen) atoms. The van der Waals surface area contributed by atoms with Crippen molar-refractivity contribution < 1.29 is 4.84 Å². The van der Waals surface area contributed by atoms with Gasteiger partial charge in [0.15, 0.2) is 0 Å². The molecule has 0 aliphatic heterocycles. The molecule has 0 bridgehead atoms. The lowest BCUT2D eigenvalue weighted by Crippen LogP contribution is -2.00. The van der Waals surface area contributed by atoms with Gasteiger partial charge in [0, 0.05) is 16.2 Å². The van der Waals surface area contributed by atoms with Crippen LogP contribution in [-0.4, -0.2) is 4.98 Å². The van der Waals surface area contributed by atoms with Gasteiger partial charge in [0.2, 0.25) is 0 Å². The first kappa shape index (κ1) is 8.93. The number of rotatable bonds is 2. The van der Waals surface area contributed by atoms with E-state index in [-0.39, 0.29) is 6.61 Å². The third kappa shape index (κ3) is 2.41. The van der Waals surface area contributed by atoms with Crippen molar-refractivity contribution in [2.45, 2.75) is 6.61 Å². The molecule has 0 aromatic carbocycles. The van der Waals surface area contributed by atoms with E-state index in [1.165, 1.54) is 0 Å². The van der Waals surface area contributed by atoms with Crippen LogP contribution in [0.3, 0.4) is 0 Å². The van der Waals surface area contributed by atoms with Crippen molar-refractivity contribution in [1.29, 1.82) is 0 Å². The Kier molecular flexibility index (Phi) is 3.26. The zero-order valence-electron chi connectivity index (χ0n) is 5.55. The minimum Gasteiger partial charge on any atom is -0.300 e. The Labute approximate surface area is 77.6 Å². The van der Waals surface area contributed by atoms with E-state index in [0.717, 1.165) is 10.0 Å². The van der Waals surface area contributed by atoms with Crippen LogP contribution in [0.2, 0.25) is 5.15 Å². The fraction of sp³-hybridized carbons (Fsp3) is 0.167. The van der Waals surface area contributed by atoms with Crippen molar-refractivity contribution in [1.82, 2.24) is 4.98 Å². The van der Waals surface area contributed by atoms with Gasteiger partial charge in [0.25, 0.3) is 0 Å². The minimum atomic E-state index is 0.269. The van der Waals surface area contributed by atoms with Crippen LogP contribution in [-0.2, 0) is 11.4 Å². The van der Waals surface area contributed by atoms with Gasteiger partial charge in [-0.1, -0.05) is 11.6 Å². The second-order valence-electron chi connectivity index (χ2n) is 1.91. The lowest BCUT2D eigenvalue weighted by Gasteiger charge is -2.00. The van der Waals surface area contributed by atoms with Crippen LogP contribution in [0.4, 0.5) is 0 Å². The molecule has 1 rings (SSSR count). The molecular formula is C6H6BrClN2O. The van der Waals surface area contributed by atoms with Crippen molar-refractivity contribution in [3.63, 3.8) is 0 Å². The zero-order valence-corrected chi connectivity index (χ0v) is 7.89. The number of hydrogen-bond donors (Lipinski definition) is 1. The smallest absolute Gasteiger partial charge is 0.134 e.